The van der Waals surface area contributed by atoms with E-state index in [2.05, 4.69) is 60.7 Å². The number of benzene rings is 1. The van der Waals surface area contributed by atoms with Gasteiger partial charge in [0.15, 0.2) is 6.29 Å². The number of para-hydroxylation sites is 1. The standard InChI is InChI=1S/C28H38N6O4/c1-36-15-13-34-20-23(24-6-2-3-7-25(24)34)17-29-16-21-9-11-33(12-10-21)28-30-18-22(19-31-28)27(35)32-38-26-8-4-5-14-37-26/h2-3,6-7,18-21,26,29H,4-5,8-17H2,1H3,(H,32,35). The third-order valence-electron chi connectivity index (χ3n) is 7.37. The summed E-state index contributed by atoms with van der Waals surface area (Å²) in [6.07, 6.45) is 9.96. The van der Waals surface area contributed by atoms with E-state index in [1.807, 2.05) is 0 Å². The molecule has 2 aliphatic heterocycles. The van der Waals surface area contributed by atoms with Crippen LogP contribution in [0.3, 0.4) is 0 Å². The van der Waals surface area contributed by atoms with Gasteiger partial charge in [0, 0.05) is 75.8 Å². The first-order valence-corrected chi connectivity index (χ1v) is 13.6. The normalized spacial score (nSPS) is 18.7. The Bertz CT molecular complexity index is 1170. The molecule has 1 aromatic carbocycles. The summed E-state index contributed by atoms with van der Waals surface area (Å²) in [6.45, 7) is 5.85. The van der Waals surface area contributed by atoms with Crippen molar-refractivity contribution in [1.82, 2.24) is 25.3 Å². The van der Waals surface area contributed by atoms with E-state index in [0.29, 0.717) is 30.6 Å². The number of ether oxygens (including phenoxy) is 2. The Hall–Kier alpha value is -3.05. The predicted octanol–water partition coefficient (Wildman–Crippen LogP) is 3.27. The SMILES string of the molecule is COCCn1cc(CNCC2CCN(c3ncc(C(=O)NOC4CCCCO4)cn3)CC2)c2ccccc21. The highest BCUT2D eigenvalue weighted by Crippen LogP contribution is 2.23. The number of rotatable bonds is 11. The Kier molecular flexibility index (Phi) is 9.19. The minimum Gasteiger partial charge on any atom is -0.383 e. The Morgan fingerprint density at radius 2 is 1.95 bits per heavy atom. The highest BCUT2D eigenvalue weighted by molar-refractivity contribution is 5.92. The molecule has 1 amide bonds. The molecule has 2 aliphatic rings. The summed E-state index contributed by atoms with van der Waals surface area (Å²) < 4.78 is 13.0. The lowest BCUT2D eigenvalue weighted by Crippen LogP contribution is -2.38. The second-order valence-corrected chi connectivity index (χ2v) is 10.0. The van der Waals surface area contributed by atoms with Crippen molar-refractivity contribution in [2.24, 2.45) is 5.92 Å². The number of methoxy groups -OCH3 is 1. The molecule has 0 aliphatic carbocycles. The van der Waals surface area contributed by atoms with E-state index in [9.17, 15) is 4.79 Å². The van der Waals surface area contributed by atoms with E-state index in [-0.39, 0.29) is 12.2 Å². The maximum absolute atomic E-state index is 12.3. The van der Waals surface area contributed by atoms with Gasteiger partial charge in [-0.2, -0.15) is 0 Å². The molecule has 2 N–H and O–H groups in total. The summed E-state index contributed by atoms with van der Waals surface area (Å²) in [5.74, 6) is 0.906. The summed E-state index contributed by atoms with van der Waals surface area (Å²) >= 11 is 0. The number of amides is 1. The summed E-state index contributed by atoms with van der Waals surface area (Å²) in [4.78, 5) is 28.8. The maximum Gasteiger partial charge on any atom is 0.278 e. The van der Waals surface area contributed by atoms with E-state index in [4.69, 9.17) is 14.3 Å². The third-order valence-corrected chi connectivity index (χ3v) is 7.37. The van der Waals surface area contributed by atoms with Gasteiger partial charge in [-0.15, -0.1) is 0 Å². The first-order chi connectivity index (χ1) is 18.7. The van der Waals surface area contributed by atoms with Gasteiger partial charge in [0.1, 0.15) is 0 Å². The van der Waals surface area contributed by atoms with Gasteiger partial charge in [0.25, 0.3) is 5.91 Å². The molecule has 10 heteroatoms. The van der Waals surface area contributed by atoms with Gasteiger partial charge in [-0.3, -0.25) is 4.79 Å². The number of aromatic nitrogens is 3. The van der Waals surface area contributed by atoms with E-state index < -0.39 is 0 Å². The zero-order chi connectivity index (χ0) is 26.2. The summed E-state index contributed by atoms with van der Waals surface area (Å²) in [5.41, 5.74) is 5.40. The highest BCUT2D eigenvalue weighted by atomic mass is 16.8. The van der Waals surface area contributed by atoms with Crippen LogP contribution in [-0.2, 0) is 27.4 Å². The fraction of sp³-hybridized carbons (Fsp3) is 0.536. The van der Waals surface area contributed by atoms with Crippen LogP contribution < -0.4 is 15.7 Å². The lowest BCUT2D eigenvalue weighted by atomic mass is 9.97. The number of nitrogens with zero attached hydrogens (tertiary/aromatic N) is 4. The topological polar surface area (TPSA) is 103 Å². The number of carbonyl (C=O) groups excluding carboxylic acids is 1. The second kappa shape index (κ2) is 13.1. The number of hydrogen-bond acceptors (Lipinski definition) is 8. The lowest BCUT2D eigenvalue weighted by molar-refractivity contribution is -0.186. The average Bonchev–Trinajstić information content (AvgIpc) is 3.33. The van der Waals surface area contributed by atoms with Crippen LogP contribution in [0.15, 0.2) is 42.9 Å². The molecule has 3 aromatic rings. The van der Waals surface area contributed by atoms with Gasteiger partial charge < -0.3 is 24.3 Å². The molecule has 2 saturated heterocycles. The smallest absolute Gasteiger partial charge is 0.278 e. The second-order valence-electron chi connectivity index (χ2n) is 10.0. The zero-order valence-corrected chi connectivity index (χ0v) is 22.1. The first-order valence-electron chi connectivity index (χ1n) is 13.6. The molecule has 204 valence electrons. The van der Waals surface area contributed by atoms with Crippen molar-refractivity contribution in [3.05, 3.63) is 54.0 Å². The van der Waals surface area contributed by atoms with E-state index in [1.165, 1.54) is 16.5 Å². The van der Waals surface area contributed by atoms with Crippen LogP contribution in [0.5, 0.6) is 0 Å². The van der Waals surface area contributed by atoms with Crippen molar-refractivity contribution >= 4 is 22.8 Å². The molecule has 2 aromatic heterocycles. The third kappa shape index (κ3) is 6.68. The van der Waals surface area contributed by atoms with Gasteiger partial charge in [0.05, 0.1) is 12.2 Å². The fourth-order valence-corrected chi connectivity index (χ4v) is 5.17. The van der Waals surface area contributed by atoms with Gasteiger partial charge in [-0.05, 0) is 49.8 Å². The van der Waals surface area contributed by atoms with E-state index in [1.54, 1.807) is 19.5 Å². The number of fused-ring (bicyclic) bond motifs is 1. The molecule has 0 spiro atoms. The highest BCUT2D eigenvalue weighted by Gasteiger charge is 2.22. The largest absolute Gasteiger partial charge is 0.383 e. The van der Waals surface area contributed by atoms with Gasteiger partial charge in [0.2, 0.25) is 5.95 Å². The molecular formula is C28H38N6O4. The van der Waals surface area contributed by atoms with Gasteiger partial charge in [-0.25, -0.2) is 20.3 Å². The molecule has 38 heavy (non-hydrogen) atoms. The molecule has 0 radical (unpaired) electrons. The summed E-state index contributed by atoms with van der Waals surface area (Å²) in [7, 11) is 1.74. The maximum atomic E-state index is 12.3. The molecule has 0 bridgehead atoms. The Balaban J connectivity index is 1.06. The van der Waals surface area contributed by atoms with Crippen molar-refractivity contribution in [2.75, 3.05) is 44.9 Å². The number of anilines is 1. The monoisotopic (exact) mass is 522 g/mol. The van der Waals surface area contributed by atoms with Crippen molar-refractivity contribution < 1.29 is 19.1 Å². The summed E-state index contributed by atoms with van der Waals surface area (Å²) in [6, 6.07) is 8.56. The first kappa shape index (κ1) is 26.6. The fourth-order valence-electron chi connectivity index (χ4n) is 5.17. The lowest BCUT2D eigenvalue weighted by Gasteiger charge is -2.32. The van der Waals surface area contributed by atoms with Crippen molar-refractivity contribution in [2.45, 2.75) is 51.5 Å². The number of carbonyl (C=O) groups is 1. The molecule has 10 nitrogen and oxygen atoms in total. The molecule has 0 saturated carbocycles. The van der Waals surface area contributed by atoms with Crippen LogP contribution in [0.2, 0.25) is 0 Å². The average molecular weight is 523 g/mol. The number of hydrogen-bond donors (Lipinski definition) is 2. The van der Waals surface area contributed by atoms with Crippen molar-refractivity contribution in [3.63, 3.8) is 0 Å². The zero-order valence-electron chi connectivity index (χ0n) is 22.1. The molecule has 1 unspecified atom stereocenters. The Labute approximate surface area is 223 Å². The van der Waals surface area contributed by atoms with Crippen LogP contribution in [0.1, 0.15) is 48.0 Å². The van der Waals surface area contributed by atoms with Crippen LogP contribution in [-0.4, -0.2) is 66.7 Å². The van der Waals surface area contributed by atoms with Crippen molar-refractivity contribution in [1.29, 1.82) is 0 Å². The van der Waals surface area contributed by atoms with E-state index >= 15 is 0 Å². The van der Waals surface area contributed by atoms with Crippen molar-refractivity contribution in [3.8, 4) is 0 Å². The summed E-state index contributed by atoms with van der Waals surface area (Å²) in [5, 5.41) is 4.98. The Morgan fingerprint density at radius 3 is 2.71 bits per heavy atom. The Morgan fingerprint density at radius 1 is 1.13 bits per heavy atom. The number of nitrogens with one attached hydrogen (secondary N) is 2. The van der Waals surface area contributed by atoms with Crippen LogP contribution in [0.25, 0.3) is 10.9 Å². The molecule has 5 rings (SSSR count). The van der Waals surface area contributed by atoms with Crippen LogP contribution in [0.4, 0.5) is 5.95 Å². The molecular weight excluding hydrogens is 484 g/mol. The van der Waals surface area contributed by atoms with E-state index in [0.717, 1.165) is 64.8 Å². The molecule has 4 heterocycles. The molecule has 2 fully saturated rings. The minimum atomic E-state index is -0.384. The minimum absolute atomic E-state index is 0.364. The van der Waals surface area contributed by atoms with Gasteiger partial charge >= 0.3 is 0 Å². The number of piperidine rings is 1. The molecule has 1 atom stereocenters. The quantitative estimate of drug-likeness (QED) is 0.370. The van der Waals surface area contributed by atoms with Crippen LogP contribution in [0, 0.1) is 5.92 Å². The van der Waals surface area contributed by atoms with Crippen LogP contribution >= 0.6 is 0 Å². The predicted molar refractivity (Wildman–Crippen MR) is 145 cm³/mol. The number of hydroxylamine groups is 1. The van der Waals surface area contributed by atoms with Gasteiger partial charge in [-0.1, -0.05) is 18.2 Å².